The molecule has 1 heterocycles. The van der Waals surface area contributed by atoms with Gasteiger partial charge in [-0.15, -0.1) is 0 Å². The number of hydrogen-bond donors (Lipinski definition) is 0. The Morgan fingerprint density at radius 3 is 2.69 bits per heavy atom. The Morgan fingerprint density at radius 1 is 1.62 bits per heavy atom. The molecule has 0 saturated carbocycles. The molecular weight excluding hydrogens is 242 g/mol. The van der Waals surface area contributed by atoms with Gasteiger partial charge in [-0.1, -0.05) is 0 Å². The molecule has 2 nitrogen and oxygen atoms in total. The van der Waals surface area contributed by atoms with Gasteiger partial charge in [0.05, 0.1) is 17.2 Å². The molecule has 1 rings (SSSR count). The number of alkyl halides is 2. The number of rotatable bonds is 1. The maximum Gasteiger partial charge on any atom is 0.266 e. The molecule has 1 aromatic rings. The van der Waals surface area contributed by atoms with E-state index in [0.29, 0.717) is 4.60 Å². The lowest BCUT2D eigenvalue weighted by Gasteiger charge is -2.05. The van der Waals surface area contributed by atoms with Gasteiger partial charge in [0.1, 0.15) is 4.60 Å². The van der Waals surface area contributed by atoms with Crippen LogP contribution in [0.2, 0.25) is 0 Å². The lowest BCUT2D eigenvalue weighted by molar-refractivity contribution is 0.149. The summed E-state index contributed by atoms with van der Waals surface area (Å²) in [5, 5.41) is 8.58. The van der Waals surface area contributed by atoms with Crippen molar-refractivity contribution >= 4 is 15.9 Å². The second kappa shape index (κ2) is 3.79. The Hall–Kier alpha value is -1.02. The molecule has 5 heteroatoms. The van der Waals surface area contributed by atoms with Gasteiger partial charge in [0.15, 0.2) is 0 Å². The zero-order valence-electron chi connectivity index (χ0n) is 6.68. The van der Waals surface area contributed by atoms with Gasteiger partial charge < -0.3 is 0 Å². The van der Waals surface area contributed by atoms with Crippen LogP contribution in [0, 0.1) is 18.3 Å². The summed E-state index contributed by atoms with van der Waals surface area (Å²) in [6.07, 6.45) is -2.66. The van der Waals surface area contributed by atoms with Gasteiger partial charge in [0, 0.05) is 5.69 Å². The highest BCUT2D eigenvalue weighted by Crippen LogP contribution is 2.26. The smallest absolute Gasteiger partial charge is 0.246 e. The molecule has 0 aliphatic rings. The monoisotopic (exact) mass is 246 g/mol. The van der Waals surface area contributed by atoms with Crippen LogP contribution in [0.25, 0.3) is 0 Å². The molecule has 0 unspecified atom stereocenters. The standard InChI is InChI=1S/C8H5BrF2N2/c1-4-7(8(10)11)5(3-12)2-6(9)13-4/h2,8H,1H3. The number of hydrogen-bond acceptors (Lipinski definition) is 2. The number of aromatic nitrogens is 1. The van der Waals surface area contributed by atoms with Crippen LogP contribution >= 0.6 is 15.9 Å². The topological polar surface area (TPSA) is 36.7 Å². The second-order valence-electron chi connectivity index (χ2n) is 2.40. The SMILES string of the molecule is Cc1nc(Br)cc(C#N)c1C(F)F. The minimum Gasteiger partial charge on any atom is -0.246 e. The first kappa shape index (κ1) is 10.1. The molecule has 68 valence electrons. The van der Waals surface area contributed by atoms with Crippen LogP contribution < -0.4 is 0 Å². The van der Waals surface area contributed by atoms with Gasteiger partial charge in [0.25, 0.3) is 6.43 Å². The molecule has 13 heavy (non-hydrogen) atoms. The zero-order chi connectivity index (χ0) is 10.0. The lowest BCUT2D eigenvalue weighted by atomic mass is 10.1. The predicted octanol–water partition coefficient (Wildman–Crippen LogP) is 2.96. The van der Waals surface area contributed by atoms with Crippen molar-refractivity contribution in [1.82, 2.24) is 4.98 Å². The van der Waals surface area contributed by atoms with Gasteiger partial charge in [-0.05, 0) is 28.9 Å². The lowest BCUT2D eigenvalue weighted by Crippen LogP contribution is -1.98. The number of halogens is 3. The fourth-order valence-electron chi connectivity index (χ4n) is 1.01. The highest BCUT2D eigenvalue weighted by atomic mass is 79.9. The summed E-state index contributed by atoms with van der Waals surface area (Å²) in [6, 6.07) is 2.99. The van der Waals surface area contributed by atoms with Gasteiger partial charge in [0.2, 0.25) is 0 Å². The Bertz CT molecular complexity index is 371. The summed E-state index contributed by atoms with van der Waals surface area (Å²) in [6.45, 7) is 1.45. The third-order valence-corrected chi connectivity index (χ3v) is 1.96. The van der Waals surface area contributed by atoms with E-state index in [1.54, 1.807) is 6.07 Å². The number of pyridine rings is 1. The van der Waals surface area contributed by atoms with Gasteiger partial charge in [-0.25, -0.2) is 13.8 Å². The molecule has 0 spiro atoms. The molecule has 0 fully saturated rings. The van der Waals surface area contributed by atoms with Crippen molar-refractivity contribution in [3.63, 3.8) is 0 Å². The Kier molecular flexibility index (Phi) is 2.94. The minimum absolute atomic E-state index is 0.0330. The fraction of sp³-hybridized carbons (Fsp3) is 0.250. The van der Waals surface area contributed by atoms with E-state index >= 15 is 0 Å². The largest absolute Gasteiger partial charge is 0.266 e. The van der Waals surface area contributed by atoms with Crippen LogP contribution in [-0.4, -0.2) is 4.98 Å². The highest BCUT2D eigenvalue weighted by molar-refractivity contribution is 9.10. The number of nitriles is 1. The molecule has 0 atom stereocenters. The van der Waals surface area contributed by atoms with E-state index in [0.717, 1.165) is 0 Å². The van der Waals surface area contributed by atoms with Crippen molar-refractivity contribution in [3.8, 4) is 6.07 Å². The average molecular weight is 247 g/mol. The molecule has 0 aliphatic heterocycles. The molecular formula is C8H5BrF2N2. The highest BCUT2D eigenvalue weighted by Gasteiger charge is 2.17. The number of nitrogens with zero attached hydrogens (tertiary/aromatic N) is 2. The summed E-state index contributed by atoms with van der Waals surface area (Å²) >= 11 is 3.03. The van der Waals surface area contributed by atoms with Crippen molar-refractivity contribution in [2.24, 2.45) is 0 Å². The Balaban J connectivity index is 3.41. The van der Waals surface area contributed by atoms with Crippen LogP contribution in [0.5, 0.6) is 0 Å². The van der Waals surface area contributed by atoms with Crippen molar-refractivity contribution in [1.29, 1.82) is 5.26 Å². The first-order valence-electron chi connectivity index (χ1n) is 3.41. The van der Waals surface area contributed by atoms with Crippen molar-refractivity contribution < 1.29 is 8.78 Å². The second-order valence-corrected chi connectivity index (χ2v) is 3.22. The third kappa shape index (κ3) is 2.01. The first-order chi connectivity index (χ1) is 6.06. The molecule has 1 aromatic heterocycles. The van der Waals surface area contributed by atoms with Gasteiger partial charge in [-0.3, -0.25) is 0 Å². The van der Waals surface area contributed by atoms with Gasteiger partial charge >= 0.3 is 0 Å². The summed E-state index contributed by atoms with van der Waals surface area (Å²) in [4.78, 5) is 3.79. The maximum atomic E-state index is 12.4. The molecule has 0 N–H and O–H groups in total. The molecule has 0 saturated heterocycles. The van der Waals surface area contributed by atoms with E-state index in [-0.39, 0.29) is 16.8 Å². The minimum atomic E-state index is -2.66. The number of aryl methyl sites for hydroxylation is 1. The van der Waals surface area contributed by atoms with E-state index in [1.807, 2.05) is 0 Å². The van der Waals surface area contributed by atoms with Crippen molar-refractivity contribution in [2.75, 3.05) is 0 Å². The summed E-state index contributed by atoms with van der Waals surface area (Å²) in [5.74, 6) is 0. The van der Waals surface area contributed by atoms with E-state index in [1.165, 1.54) is 13.0 Å². The van der Waals surface area contributed by atoms with Crippen LogP contribution in [0.1, 0.15) is 23.2 Å². The average Bonchev–Trinajstić information content (AvgIpc) is 2.01. The van der Waals surface area contributed by atoms with Crippen LogP contribution in [0.3, 0.4) is 0 Å². The van der Waals surface area contributed by atoms with E-state index in [4.69, 9.17) is 5.26 Å². The first-order valence-corrected chi connectivity index (χ1v) is 4.21. The van der Waals surface area contributed by atoms with E-state index in [2.05, 4.69) is 20.9 Å². The Labute approximate surface area is 82.3 Å². The third-order valence-electron chi connectivity index (χ3n) is 1.56. The van der Waals surface area contributed by atoms with E-state index in [9.17, 15) is 8.78 Å². The van der Waals surface area contributed by atoms with Crippen LogP contribution in [0.15, 0.2) is 10.7 Å². The fourth-order valence-corrected chi connectivity index (χ4v) is 1.51. The van der Waals surface area contributed by atoms with Crippen LogP contribution in [0.4, 0.5) is 8.78 Å². The molecule has 0 bridgehead atoms. The quantitative estimate of drug-likeness (QED) is 0.715. The predicted molar refractivity (Wildman–Crippen MR) is 46.3 cm³/mol. The van der Waals surface area contributed by atoms with Crippen molar-refractivity contribution in [3.05, 3.63) is 27.5 Å². The molecule has 0 aromatic carbocycles. The molecule has 0 radical (unpaired) electrons. The summed E-state index contributed by atoms with van der Waals surface area (Å²) in [5.41, 5.74) is -0.138. The van der Waals surface area contributed by atoms with Gasteiger partial charge in [-0.2, -0.15) is 5.26 Å². The van der Waals surface area contributed by atoms with Crippen LogP contribution in [-0.2, 0) is 0 Å². The normalized spacial score (nSPS) is 10.2. The summed E-state index contributed by atoms with van der Waals surface area (Å²) in [7, 11) is 0. The Morgan fingerprint density at radius 2 is 2.23 bits per heavy atom. The zero-order valence-corrected chi connectivity index (χ0v) is 8.27. The summed E-state index contributed by atoms with van der Waals surface area (Å²) < 4.78 is 25.2. The van der Waals surface area contributed by atoms with Crippen molar-refractivity contribution in [2.45, 2.75) is 13.3 Å². The molecule has 0 aliphatic carbocycles. The molecule has 0 amide bonds. The van der Waals surface area contributed by atoms with E-state index < -0.39 is 6.43 Å². The maximum absolute atomic E-state index is 12.4.